The van der Waals surface area contributed by atoms with Crippen molar-refractivity contribution in [2.75, 3.05) is 7.11 Å². The average molecular weight is 342 g/mol. The lowest BCUT2D eigenvalue weighted by Gasteiger charge is -2.12. The topological polar surface area (TPSA) is 80.0 Å². The van der Waals surface area contributed by atoms with Gasteiger partial charge in [0.2, 0.25) is 9.84 Å². The molecular weight excluding hydrogens is 331 g/mol. The predicted octanol–water partition coefficient (Wildman–Crippen LogP) is 3.09. The van der Waals surface area contributed by atoms with Gasteiger partial charge in [-0.1, -0.05) is 0 Å². The van der Waals surface area contributed by atoms with Gasteiger partial charge in [0.25, 0.3) is 0 Å². The zero-order valence-electron chi connectivity index (χ0n) is 12.5. The Kier molecular flexibility index (Phi) is 3.91. The number of rotatable bonds is 3. The quantitative estimate of drug-likeness (QED) is 0.731. The number of nitriles is 1. The summed E-state index contributed by atoms with van der Waals surface area (Å²) in [6, 6.07) is 11.3. The summed E-state index contributed by atoms with van der Waals surface area (Å²) in [7, 11) is -2.61. The molecule has 5 nitrogen and oxygen atoms in total. The number of hydrogen-bond donors (Lipinski definition) is 0. The van der Waals surface area contributed by atoms with Crippen molar-refractivity contribution in [3.8, 4) is 11.8 Å². The van der Waals surface area contributed by atoms with Crippen molar-refractivity contribution in [3.63, 3.8) is 0 Å². The lowest BCUT2D eigenvalue weighted by Crippen LogP contribution is -2.06. The molecule has 0 aliphatic carbocycles. The zero-order chi connectivity index (χ0) is 17.3. The zero-order valence-corrected chi connectivity index (χ0v) is 13.3. The molecule has 0 saturated carbocycles. The molecule has 3 aromatic rings. The van der Waals surface area contributed by atoms with Gasteiger partial charge in [-0.25, -0.2) is 12.8 Å². The third-order valence-electron chi connectivity index (χ3n) is 3.54. The van der Waals surface area contributed by atoms with Gasteiger partial charge in [-0.3, -0.25) is 4.98 Å². The van der Waals surface area contributed by atoms with Crippen molar-refractivity contribution in [2.45, 2.75) is 9.79 Å². The van der Waals surface area contributed by atoms with Crippen molar-refractivity contribution in [1.29, 1.82) is 5.26 Å². The van der Waals surface area contributed by atoms with E-state index >= 15 is 0 Å². The molecule has 120 valence electrons. The second-order valence-corrected chi connectivity index (χ2v) is 6.87. The van der Waals surface area contributed by atoms with Crippen molar-refractivity contribution < 1.29 is 17.5 Å². The number of fused-ring (bicyclic) bond motifs is 1. The van der Waals surface area contributed by atoms with E-state index in [1.54, 1.807) is 0 Å². The van der Waals surface area contributed by atoms with Gasteiger partial charge in [0, 0.05) is 5.39 Å². The largest absolute Gasteiger partial charge is 0.495 e. The van der Waals surface area contributed by atoms with E-state index in [0.29, 0.717) is 11.1 Å². The van der Waals surface area contributed by atoms with Gasteiger partial charge >= 0.3 is 0 Å². The van der Waals surface area contributed by atoms with Gasteiger partial charge in [0.1, 0.15) is 16.5 Å². The first kappa shape index (κ1) is 15.9. The normalized spacial score (nSPS) is 11.2. The molecule has 0 unspecified atom stereocenters. The summed E-state index contributed by atoms with van der Waals surface area (Å²) < 4.78 is 44.4. The van der Waals surface area contributed by atoms with E-state index in [0.717, 1.165) is 0 Å². The molecule has 2 aromatic carbocycles. The van der Waals surface area contributed by atoms with Gasteiger partial charge in [0.15, 0.2) is 0 Å². The molecule has 1 heterocycles. The fraction of sp³-hybridized carbons (Fsp3) is 0.0588. The molecule has 3 rings (SSSR count). The van der Waals surface area contributed by atoms with Gasteiger partial charge < -0.3 is 4.74 Å². The second kappa shape index (κ2) is 5.91. The van der Waals surface area contributed by atoms with E-state index in [4.69, 9.17) is 10.00 Å². The van der Waals surface area contributed by atoms with Crippen LogP contribution in [0.4, 0.5) is 4.39 Å². The van der Waals surface area contributed by atoms with Gasteiger partial charge in [0.05, 0.1) is 35.4 Å². The number of benzene rings is 2. The molecule has 24 heavy (non-hydrogen) atoms. The van der Waals surface area contributed by atoms with Crippen LogP contribution in [0.25, 0.3) is 10.9 Å². The number of methoxy groups -OCH3 is 1. The van der Waals surface area contributed by atoms with Crippen LogP contribution in [-0.2, 0) is 9.84 Å². The molecule has 0 aliphatic heterocycles. The Labute approximate surface area is 137 Å². The Balaban J connectivity index is 2.25. The average Bonchev–Trinajstić information content (AvgIpc) is 2.60. The smallest absolute Gasteiger partial charge is 0.211 e. The Morgan fingerprint density at radius 2 is 1.88 bits per heavy atom. The van der Waals surface area contributed by atoms with Crippen LogP contribution in [0.15, 0.2) is 58.5 Å². The molecule has 0 fully saturated rings. The minimum atomic E-state index is -3.93. The summed E-state index contributed by atoms with van der Waals surface area (Å²) in [5.41, 5.74) is 0.770. The van der Waals surface area contributed by atoms with Crippen LogP contribution < -0.4 is 4.74 Å². The van der Waals surface area contributed by atoms with Crippen molar-refractivity contribution >= 4 is 20.7 Å². The van der Waals surface area contributed by atoms with E-state index in [1.165, 1.54) is 55.8 Å². The molecule has 0 aliphatic rings. The molecule has 0 radical (unpaired) electrons. The lowest BCUT2D eigenvalue weighted by atomic mass is 10.2. The summed E-state index contributed by atoms with van der Waals surface area (Å²) >= 11 is 0. The Morgan fingerprint density at radius 3 is 2.50 bits per heavy atom. The van der Waals surface area contributed by atoms with E-state index < -0.39 is 15.7 Å². The van der Waals surface area contributed by atoms with Crippen LogP contribution in [-0.4, -0.2) is 20.5 Å². The highest BCUT2D eigenvalue weighted by atomic mass is 32.2. The Morgan fingerprint density at radius 1 is 1.17 bits per heavy atom. The molecular formula is C17H11FN2O3S. The van der Waals surface area contributed by atoms with Crippen molar-refractivity contribution in [3.05, 3.63) is 60.0 Å². The Hall–Kier alpha value is -2.98. The van der Waals surface area contributed by atoms with E-state index in [-0.39, 0.29) is 20.9 Å². The minimum absolute atomic E-state index is 0.00245. The first-order chi connectivity index (χ1) is 11.5. The highest BCUT2D eigenvalue weighted by Crippen LogP contribution is 2.35. The number of halogens is 1. The maximum absolute atomic E-state index is 13.5. The molecule has 7 heteroatoms. The standard InChI is InChI=1S/C17H11FN2O3S/c1-23-17-14-8-12(18)4-7-15(14)20-10-16(17)24(21,22)13-5-2-11(9-19)3-6-13/h2-8,10H,1H3. The highest BCUT2D eigenvalue weighted by Gasteiger charge is 2.24. The van der Waals surface area contributed by atoms with E-state index in [1.807, 2.05) is 6.07 Å². The van der Waals surface area contributed by atoms with Crippen LogP contribution in [0.1, 0.15) is 5.56 Å². The number of pyridine rings is 1. The second-order valence-electron chi connectivity index (χ2n) is 4.96. The number of ether oxygens (including phenoxy) is 1. The third kappa shape index (κ3) is 2.57. The van der Waals surface area contributed by atoms with E-state index in [2.05, 4.69) is 4.98 Å². The maximum Gasteiger partial charge on any atom is 0.211 e. The number of sulfone groups is 1. The maximum atomic E-state index is 13.5. The van der Waals surface area contributed by atoms with E-state index in [9.17, 15) is 12.8 Å². The molecule has 0 saturated heterocycles. The molecule has 0 amide bonds. The highest BCUT2D eigenvalue weighted by molar-refractivity contribution is 7.91. The van der Waals surface area contributed by atoms with Gasteiger partial charge in [-0.15, -0.1) is 0 Å². The van der Waals surface area contributed by atoms with Crippen molar-refractivity contribution in [1.82, 2.24) is 4.98 Å². The minimum Gasteiger partial charge on any atom is -0.495 e. The van der Waals surface area contributed by atoms with Crippen LogP contribution in [0.5, 0.6) is 5.75 Å². The predicted molar refractivity (Wildman–Crippen MR) is 84.9 cm³/mol. The number of nitrogens with zero attached hydrogens (tertiary/aromatic N) is 2. The monoisotopic (exact) mass is 342 g/mol. The van der Waals surface area contributed by atoms with Crippen LogP contribution >= 0.6 is 0 Å². The molecule has 1 aromatic heterocycles. The first-order valence-electron chi connectivity index (χ1n) is 6.85. The molecule has 0 spiro atoms. The lowest BCUT2D eigenvalue weighted by molar-refractivity contribution is 0.407. The summed E-state index contributed by atoms with van der Waals surface area (Å²) in [5, 5.41) is 9.08. The number of aromatic nitrogens is 1. The Bertz CT molecular complexity index is 1070. The summed E-state index contributed by atoms with van der Waals surface area (Å²) in [6.07, 6.45) is 1.19. The summed E-state index contributed by atoms with van der Waals surface area (Å²) in [4.78, 5) is 3.92. The summed E-state index contributed by atoms with van der Waals surface area (Å²) in [6.45, 7) is 0. The summed E-state index contributed by atoms with van der Waals surface area (Å²) in [5.74, 6) is -0.487. The third-order valence-corrected chi connectivity index (χ3v) is 5.30. The molecule has 0 atom stereocenters. The number of hydrogen-bond acceptors (Lipinski definition) is 5. The van der Waals surface area contributed by atoms with Crippen molar-refractivity contribution in [2.24, 2.45) is 0 Å². The fourth-order valence-electron chi connectivity index (χ4n) is 2.36. The fourth-order valence-corrected chi connectivity index (χ4v) is 3.74. The SMILES string of the molecule is COc1c(S(=O)(=O)c2ccc(C#N)cc2)cnc2ccc(F)cc12. The van der Waals surface area contributed by atoms with Gasteiger partial charge in [-0.2, -0.15) is 5.26 Å². The molecule has 0 N–H and O–H groups in total. The van der Waals surface area contributed by atoms with Crippen LogP contribution in [0.3, 0.4) is 0 Å². The van der Waals surface area contributed by atoms with Gasteiger partial charge in [-0.05, 0) is 42.5 Å². The first-order valence-corrected chi connectivity index (χ1v) is 8.33. The molecule has 0 bridgehead atoms. The van der Waals surface area contributed by atoms with Crippen LogP contribution in [0.2, 0.25) is 0 Å². The van der Waals surface area contributed by atoms with Crippen LogP contribution in [0, 0.1) is 17.1 Å².